The summed E-state index contributed by atoms with van der Waals surface area (Å²) in [5.74, 6) is -0.340. The Kier molecular flexibility index (Phi) is 7.49. The number of benzene rings is 2. The fraction of sp³-hybridized carbons (Fsp3) is 0.292. The van der Waals surface area contributed by atoms with Crippen LogP contribution in [0.15, 0.2) is 47.4 Å². The smallest absolute Gasteiger partial charge is 0.293 e. The quantitative estimate of drug-likeness (QED) is 0.555. The van der Waals surface area contributed by atoms with E-state index in [1.54, 1.807) is 41.3 Å². The van der Waals surface area contributed by atoms with Gasteiger partial charge in [0.1, 0.15) is 5.82 Å². The molecular weight excluding hydrogens is 463 g/mol. The Bertz CT molecular complexity index is 1130. The highest BCUT2D eigenvalue weighted by Crippen LogP contribution is 2.35. The summed E-state index contributed by atoms with van der Waals surface area (Å²) in [5, 5.41) is -0.465. The summed E-state index contributed by atoms with van der Waals surface area (Å²) in [6.07, 6.45) is 1.57. The van der Waals surface area contributed by atoms with Gasteiger partial charge >= 0.3 is 0 Å². The molecule has 2 aromatic rings. The number of rotatable bonds is 7. The summed E-state index contributed by atoms with van der Waals surface area (Å²) in [6, 6.07) is 11.0. The van der Waals surface area contributed by atoms with Gasteiger partial charge in [-0.2, -0.15) is 0 Å². The van der Waals surface area contributed by atoms with Gasteiger partial charge in [-0.05, 0) is 41.6 Å². The van der Waals surface area contributed by atoms with Crippen molar-refractivity contribution in [3.05, 3.63) is 64.3 Å². The Morgan fingerprint density at radius 3 is 2.65 bits per heavy atom. The summed E-state index contributed by atoms with van der Waals surface area (Å²) in [4.78, 5) is 40.4. The molecule has 0 radical (unpaired) electrons. The zero-order valence-electron chi connectivity index (χ0n) is 18.5. The highest BCUT2D eigenvalue weighted by molar-refractivity contribution is 8.18. The van der Waals surface area contributed by atoms with E-state index in [9.17, 15) is 18.8 Å². The van der Waals surface area contributed by atoms with Gasteiger partial charge in [0.25, 0.3) is 17.1 Å². The molecule has 0 atom stereocenters. The third-order valence-electron chi connectivity index (χ3n) is 5.36. The highest BCUT2D eigenvalue weighted by Gasteiger charge is 2.35. The molecule has 0 unspecified atom stereocenters. The first kappa shape index (κ1) is 23.8. The van der Waals surface area contributed by atoms with Crippen molar-refractivity contribution >= 4 is 34.9 Å². The van der Waals surface area contributed by atoms with Gasteiger partial charge in [-0.1, -0.05) is 24.3 Å². The fourth-order valence-electron chi connectivity index (χ4n) is 3.52. The van der Waals surface area contributed by atoms with Gasteiger partial charge < -0.3 is 19.1 Å². The number of carbonyl (C=O) groups excluding carboxylic acids is 3. The van der Waals surface area contributed by atoms with E-state index in [0.717, 1.165) is 16.7 Å². The van der Waals surface area contributed by atoms with Crippen molar-refractivity contribution in [3.63, 3.8) is 0 Å². The number of carbonyl (C=O) groups is 3. The van der Waals surface area contributed by atoms with Gasteiger partial charge in [0.05, 0.1) is 31.8 Å². The highest BCUT2D eigenvalue weighted by atomic mass is 32.2. The number of amides is 3. The third-order valence-corrected chi connectivity index (χ3v) is 6.27. The number of ether oxygens (including phenoxy) is 3. The Labute approximate surface area is 200 Å². The minimum absolute atomic E-state index is 0.134. The molecule has 0 spiro atoms. The summed E-state index contributed by atoms with van der Waals surface area (Å²) >= 11 is 0.793. The summed E-state index contributed by atoms with van der Waals surface area (Å²) < 4.78 is 30.2. The molecule has 0 bridgehead atoms. The van der Waals surface area contributed by atoms with Crippen molar-refractivity contribution in [2.24, 2.45) is 0 Å². The molecule has 0 saturated carbocycles. The van der Waals surface area contributed by atoms with Crippen LogP contribution in [0, 0.1) is 5.82 Å². The molecule has 2 saturated heterocycles. The van der Waals surface area contributed by atoms with Gasteiger partial charge in [0.15, 0.2) is 18.1 Å². The maximum Gasteiger partial charge on any atom is 0.293 e. The minimum atomic E-state index is -0.492. The van der Waals surface area contributed by atoms with Crippen LogP contribution in [-0.4, -0.2) is 66.9 Å². The van der Waals surface area contributed by atoms with Gasteiger partial charge in [-0.15, -0.1) is 0 Å². The molecular formula is C24H23FN2O6S. The molecule has 2 aromatic carbocycles. The van der Waals surface area contributed by atoms with Crippen LogP contribution in [0.2, 0.25) is 0 Å². The first-order chi connectivity index (χ1) is 16.5. The zero-order valence-corrected chi connectivity index (χ0v) is 19.3. The predicted octanol–water partition coefficient (Wildman–Crippen LogP) is 3.31. The third kappa shape index (κ3) is 5.40. The summed E-state index contributed by atoms with van der Waals surface area (Å²) in [6.45, 7) is 1.81. The van der Waals surface area contributed by atoms with Crippen molar-refractivity contribution in [1.82, 2.24) is 9.80 Å². The number of thioether (sulfide) groups is 1. The van der Waals surface area contributed by atoms with Crippen LogP contribution in [0.4, 0.5) is 9.18 Å². The molecule has 34 heavy (non-hydrogen) atoms. The summed E-state index contributed by atoms with van der Waals surface area (Å²) in [5.41, 5.74) is 0.876. The van der Waals surface area contributed by atoms with E-state index in [1.807, 2.05) is 0 Å². The van der Waals surface area contributed by atoms with Gasteiger partial charge in [0.2, 0.25) is 0 Å². The zero-order chi connectivity index (χ0) is 24.1. The predicted molar refractivity (Wildman–Crippen MR) is 124 cm³/mol. The number of hydrogen-bond donors (Lipinski definition) is 0. The lowest BCUT2D eigenvalue weighted by atomic mass is 10.1. The lowest BCUT2D eigenvalue weighted by Gasteiger charge is -2.26. The maximum atomic E-state index is 14.0. The van der Waals surface area contributed by atoms with E-state index in [2.05, 4.69) is 0 Å². The monoisotopic (exact) mass is 486 g/mol. The van der Waals surface area contributed by atoms with E-state index >= 15 is 0 Å². The number of methoxy groups -OCH3 is 1. The molecule has 0 N–H and O–H groups in total. The van der Waals surface area contributed by atoms with E-state index in [0.29, 0.717) is 43.4 Å². The number of halogens is 1. The average molecular weight is 487 g/mol. The van der Waals surface area contributed by atoms with Crippen LogP contribution in [0.1, 0.15) is 11.1 Å². The van der Waals surface area contributed by atoms with Crippen LogP contribution in [0.25, 0.3) is 6.08 Å². The van der Waals surface area contributed by atoms with Crippen molar-refractivity contribution in [2.45, 2.75) is 6.54 Å². The first-order valence-corrected chi connectivity index (χ1v) is 11.4. The molecule has 8 nitrogen and oxygen atoms in total. The lowest BCUT2D eigenvalue weighted by Crippen LogP contribution is -2.43. The first-order valence-electron chi connectivity index (χ1n) is 10.6. The lowest BCUT2D eigenvalue weighted by molar-refractivity contribution is -0.137. The molecule has 4 rings (SSSR count). The second-order valence-electron chi connectivity index (χ2n) is 7.55. The molecule has 2 heterocycles. The van der Waals surface area contributed by atoms with Crippen molar-refractivity contribution in [1.29, 1.82) is 0 Å². The summed E-state index contributed by atoms with van der Waals surface area (Å²) in [7, 11) is 1.47. The van der Waals surface area contributed by atoms with Gasteiger partial charge in [-0.25, -0.2) is 4.39 Å². The maximum absolute atomic E-state index is 14.0. The Hall–Kier alpha value is -3.37. The fourth-order valence-corrected chi connectivity index (χ4v) is 4.36. The second-order valence-corrected chi connectivity index (χ2v) is 8.54. The van der Waals surface area contributed by atoms with Crippen molar-refractivity contribution < 1.29 is 33.0 Å². The normalized spacial score (nSPS) is 17.4. The molecule has 2 fully saturated rings. The van der Waals surface area contributed by atoms with Crippen LogP contribution in [-0.2, 0) is 20.9 Å². The van der Waals surface area contributed by atoms with E-state index < -0.39 is 17.0 Å². The molecule has 0 aromatic heterocycles. The van der Waals surface area contributed by atoms with Crippen molar-refractivity contribution in [3.8, 4) is 11.5 Å². The number of imide groups is 1. The molecule has 2 aliphatic rings. The molecule has 178 valence electrons. The van der Waals surface area contributed by atoms with E-state index in [-0.39, 0.29) is 29.5 Å². The minimum Gasteiger partial charge on any atom is -0.493 e. The largest absolute Gasteiger partial charge is 0.493 e. The van der Waals surface area contributed by atoms with Gasteiger partial charge in [-0.3, -0.25) is 19.3 Å². The number of hydrogen-bond acceptors (Lipinski definition) is 7. The Morgan fingerprint density at radius 1 is 1.15 bits per heavy atom. The Morgan fingerprint density at radius 2 is 1.91 bits per heavy atom. The Balaban J connectivity index is 1.44. The standard InChI is InChI=1S/C24H23FN2O6S/c1-31-20-12-16(6-7-19(20)33-15-22(28)26-8-10-32-11-9-26)13-21-23(29)27(24(30)34-21)14-17-4-2-3-5-18(17)25/h2-7,12-13H,8-11,14-15H2,1H3/b21-13-. The number of morpholine rings is 1. The topological polar surface area (TPSA) is 85.4 Å². The molecule has 10 heteroatoms. The van der Waals surface area contributed by atoms with Gasteiger partial charge in [0, 0.05) is 18.7 Å². The van der Waals surface area contributed by atoms with Crippen LogP contribution >= 0.6 is 11.8 Å². The molecule has 2 aliphatic heterocycles. The molecule has 3 amide bonds. The van der Waals surface area contributed by atoms with Crippen LogP contribution < -0.4 is 9.47 Å². The second kappa shape index (κ2) is 10.7. The van der Waals surface area contributed by atoms with Crippen molar-refractivity contribution in [2.75, 3.05) is 40.0 Å². The van der Waals surface area contributed by atoms with Crippen LogP contribution in [0.3, 0.4) is 0 Å². The molecule has 0 aliphatic carbocycles. The van der Waals surface area contributed by atoms with E-state index in [4.69, 9.17) is 14.2 Å². The average Bonchev–Trinajstić information content (AvgIpc) is 3.12. The SMILES string of the molecule is COc1cc(/C=C2\SC(=O)N(Cc3ccccc3F)C2=O)ccc1OCC(=O)N1CCOCC1. The van der Waals surface area contributed by atoms with Crippen LogP contribution in [0.5, 0.6) is 11.5 Å². The van der Waals surface area contributed by atoms with E-state index in [1.165, 1.54) is 19.2 Å². The number of nitrogens with zero attached hydrogens (tertiary/aromatic N) is 2.